The maximum atomic E-state index is 4.93. The van der Waals surface area contributed by atoms with Gasteiger partial charge in [0.1, 0.15) is 5.69 Å². The molecule has 0 N–H and O–H groups in total. The Labute approximate surface area is 171 Å². The summed E-state index contributed by atoms with van der Waals surface area (Å²) in [6, 6.07) is 26.6. The minimum atomic E-state index is 0.848. The molecule has 2 aromatic heterocycles. The summed E-state index contributed by atoms with van der Waals surface area (Å²) in [5.41, 5.74) is 6.86. The minimum absolute atomic E-state index is 0.848. The lowest BCUT2D eigenvalue weighted by molar-refractivity contribution is 1.14. The molecule has 0 bridgehead atoms. The Hall–Kier alpha value is -3.24. The van der Waals surface area contributed by atoms with Crippen molar-refractivity contribution in [3.8, 4) is 11.3 Å². The van der Waals surface area contributed by atoms with Crippen molar-refractivity contribution in [3.05, 3.63) is 101 Å². The van der Waals surface area contributed by atoms with E-state index in [2.05, 4.69) is 62.9 Å². The summed E-state index contributed by atoms with van der Waals surface area (Å²) in [7, 11) is 0. The third kappa shape index (κ3) is 3.12. The van der Waals surface area contributed by atoms with Crippen molar-refractivity contribution in [2.24, 2.45) is 0 Å². The number of rotatable bonds is 3. The van der Waals surface area contributed by atoms with E-state index < -0.39 is 0 Å². The molecule has 0 radical (unpaired) electrons. The summed E-state index contributed by atoms with van der Waals surface area (Å²) >= 11 is 3.50. The van der Waals surface area contributed by atoms with E-state index in [0.29, 0.717) is 0 Å². The molecule has 3 aromatic carbocycles. The molecule has 0 amide bonds. The van der Waals surface area contributed by atoms with Crippen molar-refractivity contribution in [2.45, 2.75) is 0 Å². The van der Waals surface area contributed by atoms with E-state index in [1.807, 2.05) is 54.6 Å². The fourth-order valence-electron chi connectivity index (χ4n) is 3.30. The van der Waals surface area contributed by atoms with Gasteiger partial charge < -0.3 is 0 Å². The SMILES string of the molecule is Brc1ccc(-c2cn3c(nc4ccccc43)c(/C=C/c3ccccc3)n2)cc1. The smallest absolute Gasteiger partial charge is 0.164 e. The monoisotopic (exact) mass is 425 g/mol. The van der Waals surface area contributed by atoms with Gasteiger partial charge in [0.25, 0.3) is 0 Å². The van der Waals surface area contributed by atoms with E-state index in [0.717, 1.165) is 43.7 Å². The number of benzene rings is 3. The second-order valence-electron chi connectivity index (χ2n) is 6.56. The minimum Gasteiger partial charge on any atom is -0.296 e. The highest BCUT2D eigenvalue weighted by Crippen LogP contribution is 2.26. The standard InChI is InChI=1S/C24H16BrN3/c25-19-13-11-18(12-14-19)22-16-28-23-9-5-4-8-20(23)27-24(28)21(26-22)15-10-17-6-2-1-3-7-17/h1-16H/b15-10+. The van der Waals surface area contributed by atoms with Gasteiger partial charge in [-0.25, -0.2) is 9.97 Å². The summed E-state index contributed by atoms with van der Waals surface area (Å²) in [4.78, 5) is 9.74. The Morgan fingerprint density at radius 3 is 2.32 bits per heavy atom. The van der Waals surface area contributed by atoms with Crippen molar-refractivity contribution < 1.29 is 0 Å². The first-order chi connectivity index (χ1) is 13.8. The first-order valence-electron chi connectivity index (χ1n) is 9.05. The van der Waals surface area contributed by atoms with E-state index in [-0.39, 0.29) is 0 Å². The summed E-state index contributed by atoms with van der Waals surface area (Å²) in [6.45, 7) is 0. The van der Waals surface area contributed by atoms with Crippen LogP contribution < -0.4 is 0 Å². The molecular formula is C24H16BrN3. The molecule has 0 fully saturated rings. The van der Waals surface area contributed by atoms with Crippen LogP contribution in [-0.4, -0.2) is 14.4 Å². The highest BCUT2D eigenvalue weighted by Gasteiger charge is 2.11. The maximum Gasteiger partial charge on any atom is 0.164 e. The Bertz CT molecular complexity index is 1300. The first-order valence-corrected chi connectivity index (χ1v) is 9.84. The Morgan fingerprint density at radius 2 is 1.50 bits per heavy atom. The van der Waals surface area contributed by atoms with Crippen LogP contribution in [0.2, 0.25) is 0 Å². The Kier molecular flexibility index (Phi) is 4.26. The average Bonchev–Trinajstić information content (AvgIpc) is 3.12. The number of hydrogen-bond donors (Lipinski definition) is 0. The van der Waals surface area contributed by atoms with Gasteiger partial charge in [-0.05, 0) is 35.9 Å². The lowest BCUT2D eigenvalue weighted by Gasteiger charge is -2.06. The molecule has 0 atom stereocenters. The van der Waals surface area contributed by atoms with Gasteiger partial charge in [0.05, 0.1) is 16.7 Å². The van der Waals surface area contributed by atoms with Crippen LogP contribution >= 0.6 is 15.9 Å². The van der Waals surface area contributed by atoms with Crippen LogP contribution in [0.5, 0.6) is 0 Å². The van der Waals surface area contributed by atoms with Crippen LogP contribution in [0.3, 0.4) is 0 Å². The number of halogens is 1. The topological polar surface area (TPSA) is 30.2 Å². The van der Waals surface area contributed by atoms with Gasteiger partial charge in [-0.1, -0.05) is 76.6 Å². The van der Waals surface area contributed by atoms with Crippen molar-refractivity contribution >= 4 is 44.8 Å². The molecule has 2 heterocycles. The summed E-state index contributed by atoms with van der Waals surface area (Å²) in [6.07, 6.45) is 6.18. The van der Waals surface area contributed by atoms with Gasteiger partial charge in [0, 0.05) is 16.2 Å². The van der Waals surface area contributed by atoms with E-state index in [4.69, 9.17) is 9.97 Å². The first kappa shape index (κ1) is 16.9. The van der Waals surface area contributed by atoms with E-state index in [1.54, 1.807) is 0 Å². The van der Waals surface area contributed by atoms with Crippen LogP contribution in [-0.2, 0) is 0 Å². The van der Waals surface area contributed by atoms with E-state index in [1.165, 1.54) is 0 Å². The number of aromatic nitrogens is 3. The molecule has 5 rings (SSSR count). The molecule has 0 aliphatic rings. The van der Waals surface area contributed by atoms with E-state index in [9.17, 15) is 0 Å². The molecule has 3 nitrogen and oxygen atoms in total. The van der Waals surface area contributed by atoms with Gasteiger partial charge in [0.2, 0.25) is 0 Å². The number of hydrogen-bond acceptors (Lipinski definition) is 2. The zero-order valence-electron chi connectivity index (χ0n) is 15.0. The quantitative estimate of drug-likeness (QED) is 0.331. The molecule has 0 saturated carbocycles. The fraction of sp³-hybridized carbons (Fsp3) is 0. The number of imidazole rings is 1. The Morgan fingerprint density at radius 1 is 0.750 bits per heavy atom. The summed E-state index contributed by atoms with van der Waals surface area (Å²) in [5.74, 6) is 0. The molecule has 0 spiro atoms. The molecule has 28 heavy (non-hydrogen) atoms. The zero-order chi connectivity index (χ0) is 18.9. The molecule has 0 unspecified atom stereocenters. The summed E-state index contributed by atoms with van der Waals surface area (Å²) < 4.78 is 3.18. The normalized spacial score (nSPS) is 11.6. The van der Waals surface area contributed by atoms with Gasteiger partial charge in [-0.3, -0.25) is 4.40 Å². The lowest BCUT2D eigenvalue weighted by Crippen LogP contribution is -1.96. The van der Waals surface area contributed by atoms with Crippen molar-refractivity contribution in [3.63, 3.8) is 0 Å². The Balaban J connectivity index is 1.74. The second kappa shape index (κ2) is 7.06. The molecular weight excluding hydrogens is 410 g/mol. The van der Waals surface area contributed by atoms with Crippen molar-refractivity contribution in [1.29, 1.82) is 0 Å². The molecule has 0 aliphatic carbocycles. The largest absolute Gasteiger partial charge is 0.296 e. The molecule has 4 heteroatoms. The van der Waals surface area contributed by atoms with Crippen LogP contribution in [0.15, 0.2) is 89.5 Å². The average molecular weight is 426 g/mol. The van der Waals surface area contributed by atoms with Gasteiger partial charge >= 0.3 is 0 Å². The van der Waals surface area contributed by atoms with Gasteiger partial charge in [-0.15, -0.1) is 0 Å². The molecule has 0 aliphatic heterocycles. The zero-order valence-corrected chi connectivity index (χ0v) is 16.5. The third-order valence-electron chi connectivity index (χ3n) is 4.69. The highest BCUT2D eigenvalue weighted by molar-refractivity contribution is 9.10. The number of nitrogens with zero attached hydrogens (tertiary/aromatic N) is 3. The molecule has 0 saturated heterocycles. The maximum absolute atomic E-state index is 4.93. The van der Waals surface area contributed by atoms with Crippen molar-refractivity contribution in [1.82, 2.24) is 14.4 Å². The van der Waals surface area contributed by atoms with Crippen molar-refractivity contribution in [2.75, 3.05) is 0 Å². The highest BCUT2D eigenvalue weighted by atomic mass is 79.9. The van der Waals surface area contributed by atoms with Crippen LogP contribution in [0.1, 0.15) is 11.3 Å². The fourth-order valence-corrected chi connectivity index (χ4v) is 3.56. The number of para-hydroxylation sites is 2. The third-order valence-corrected chi connectivity index (χ3v) is 5.22. The number of fused-ring (bicyclic) bond motifs is 3. The predicted octanol–water partition coefficient (Wildman–Crippen LogP) is 6.48. The summed E-state index contributed by atoms with van der Waals surface area (Å²) in [5, 5.41) is 0. The predicted molar refractivity (Wildman–Crippen MR) is 119 cm³/mol. The van der Waals surface area contributed by atoms with Gasteiger partial charge in [-0.2, -0.15) is 0 Å². The second-order valence-corrected chi connectivity index (χ2v) is 7.47. The van der Waals surface area contributed by atoms with Gasteiger partial charge in [0.15, 0.2) is 5.65 Å². The molecule has 134 valence electrons. The van der Waals surface area contributed by atoms with Crippen LogP contribution in [0.4, 0.5) is 0 Å². The van der Waals surface area contributed by atoms with Crippen LogP contribution in [0.25, 0.3) is 40.1 Å². The van der Waals surface area contributed by atoms with Crippen LogP contribution in [0, 0.1) is 0 Å². The van der Waals surface area contributed by atoms with E-state index >= 15 is 0 Å². The lowest BCUT2D eigenvalue weighted by atomic mass is 10.1. The molecule has 5 aromatic rings.